The van der Waals surface area contributed by atoms with Gasteiger partial charge in [0.15, 0.2) is 5.78 Å². The fraction of sp³-hybridized carbons (Fsp3) is 0.0714. The highest BCUT2D eigenvalue weighted by Crippen LogP contribution is 2.16. The van der Waals surface area contributed by atoms with Gasteiger partial charge in [-0.1, -0.05) is 42.5 Å². The van der Waals surface area contributed by atoms with E-state index in [4.69, 9.17) is 11.6 Å². The zero-order valence-corrected chi connectivity index (χ0v) is 11.9. The average Bonchev–Trinajstić information content (AvgIpc) is 2.36. The van der Waals surface area contributed by atoms with Crippen molar-refractivity contribution in [2.45, 2.75) is 0 Å². The molecule has 1 aromatic carbocycles. The Balaban J connectivity index is 0.000000134. The van der Waals surface area contributed by atoms with E-state index in [0.717, 1.165) is 0 Å². The molecule has 0 heterocycles. The summed E-state index contributed by atoms with van der Waals surface area (Å²) in [6, 6.07) is 15.5. The minimum absolute atomic E-state index is 0.0257. The molecule has 0 aliphatic heterocycles. The number of carbonyl (C=O) groups is 1. The third-order valence-corrected chi connectivity index (χ3v) is 3.63. The minimum Gasteiger partial charge on any atom is -0.293 e. The topological polar surface area (TPSA) is 17.1 Å². The van der Waals surface area contributed by atoms with Crippen LogP contribution in [0.5, 0.6) is 0 Å². The van der Waals surface area contributed by atoms with Crippen molar-refractivity contribution >= 4 is 40.0 Å². The summed E-state index contributed by atoms with van der Waals surface area (Å²) in [5, 5.41) is 2.89. The van der Waals surface area contributed by atoms with E-state index in [2.05, 4.69) is 40.8 Å². The summed E-state index contributed by atoms with van der Waals surface area (Å²) in [7, 11) is 0. The predicted octanol–water partition coefficient (Wildman–Crippen LogP) is 4.00. The highest BCUT2D eigenvalue weighted by atomic mass is 127. The van der Waals surface area contributed by atoms with Crippen LogP contribution in [-0.4, -0.2) is 11.7 Å². The number of hydrogen-bond acceptors (Lipinski definition) is 1. The quantitative estimate of drug-likeness (QED) is 0.385. The molecule has 0 spiro atoms. The van der Waals surface area contributed by atoms with Crippen molar-refractivity contribution in [2.24, 2.45) is 0 Å². The van der Waals surface area contributed by atoms with Gasteiger partial charge < -0.3 is 0 Å². The van der Waals surface area contributed by atoms with E-state index in [-0.39, 0.29) is 11.7 Å². The first-order chi connectivity index (χ1) is 8.22. The van der Waals surface area contributed by atoms with Gasteiger partial charge in [-0.2, -0.15) is 0 Å². The highest BCUT2D eigenvalue weighted by Gasteiger charge is 2.00. The number of alkyl halides is 1. The van der Waals surface area contributed by atoms with E-state index in [1.165, 1.54) is 14.0 Å². The molecule has 0 saturated heterocycles. The largest absolute Gasteiger partial charge is 0.293 e. The second kappa shape index (κ2) is 5.65. The highest BCUT2D eigenvalue weighted by molar-refractivity contribution is 14.1. The Morgan fingerprint density at radius 3 is 2.12 bits per heavy atom. The predicted molar refractivity (Wildman–Crippen MR) is 78.3 cm³/mol. The first-order valence-electron chi connectivity index (χ1n) is 5.16. The fourth-order valence-electron chi connectivity index (χ4n) is 1.44. The molecule has 0 amide bonds. The number of hydrogen-bond donors (Lipinski definition) is 0. The molecule has 0 atom stereocenters. The molecule has 0 fully saturated rings. The number of halogens is 2. The number of rotatable bonds is 2. The van der Waals surface area contributed by atoms with Gasteiger partial charge >= 0.3 is 0 Å². The molecule has 3 heteroatoms. The molecule has 0 bridgehead atoms. The van der Waals surface area contributed by atoms with Gasteiger partial charge in [0.1, 0.15) is 0 Å². The molecule has 86 valence electrons. The van der Waals surface area contributed by atoms with Crippen molar-refractivity contribution in [2.75, 3.05) is 5.88 Å². The average molecular weight is 357 g/mol. The molecule has 3 rings (SSSR count). The minimum atomic E-state index is -0.0257. The normalized spacial score (nSPS) is 10.2. The monoisotopic (exact) mass is 356 g/mol. The number of ketones is 1. The first-order valence-corrected chi connectivity index (χ1v) is 6.78. The molecule has 1 nitrogen and oxygen atoms in total. The third-order valence-electron chi connectivity index (χ3n) is 2.50. The summed E-state index contributed by atoms with van der Waals surface area (Å²) in [5.74, 6) is 0.0339. The van der Waals surface area contributed by atoms with E-state index in [1.54, 1.807) is 12.1 Å². The van der Waals surface area contributed by atoms with Gasteiger partial charge in [-0.25, -0.2) is 0 Å². The second-order valence-electron chi connectivity index (χ2n) is 3.62. The lowest BCUT2D eigenvalue weighted by molar-refractivity contribution is 0.102. The van der Waals surface area contributed by atoms with Gasteiger partial charge in [0.2, 0.25) is 0 Å². The van der Waals surface area contributed by atoms with Crippen molar-refractivity contribution in [3.05, 3.63) is 68.1 Å². The van der Waals surface area contributed by atoms with Crippen LogP contribution in [0.1, 0.15) is 10.4 Å². The first kappa shape index (κ1) is 12.6. The van der Waals surface area contributed by atoms with Crippen LogP contribution in [0.2, 0.25) is 0 Å². The summed E-state index contributed by atoms with van der Waals surface area (Å²) in [6.45, 7) is 0. The molecule has 0 radical (unpaired) electrons. The second-order valence-corrected chi connectivity index (χ2v) is 5.05. The zero-order chi connectivity index (χ0) is 12.3. The molecule has 0 N–H and O–H groups in total. The summed E-state index contributed by atoms with van der Waals surface area (Å²) in [4.78, 5) is 10.9. The lowest BCUT2D eigenvalue weighted by Gasteiger charge is -2.02. The van der Waals surface area contributed by atoms with Crippen LogP contribution >= 0.6 is 34.2 Å². The Kier molecular flexibility index (Phi) is 4.18. The lowest BCUT2D eigenvalue weighted by Crippen LogP contribution is -1.98. The maximum atomic E-state index is 10.9. The van der Waals surface area contributed by atoms with Gasteiger partial charge in [-0.3, -0.25) is 4.79 Å². The molecule has 17 heavy (non-hydrogen) atoms. The maximum Gasteiger partial charge on any atom is 0.177 e. The van der Waals surface area contributed by atoms with E-state index in [0.29, 0.717) is 5.56 Å². The van der Waals surface area contributed by atoms with Crippen molar-refractivity contribution in [1.29, 1.82) is 0 Å². The van der Waals surface area contributed by atoms with Crippen molar-refractivity contribution in [3.63, 3.8) is 0 Å². The van der Waals surface area contributed by atoms with Gasteiger partial charge in [0.05, 0.1) is 5.88 Å². The van der Waals surface area contributed by atoms with Crippen LogP contribution in [-0.2, 0) is 0 Å². The molecular formula is C14H10ClIO. The molecule has 2 aliphatic carbocycles. The smallest absolute Gasteiger partial charge is 0.177 e. The van der Waals surface area contributed by atoms with Gasteiger partial charge in [0.25, 0.3) is 0 Å². The summed E-state index contributed by atoms with van der Waals surface area (Å²) in [6.07, 6.45) is 0. The van der Waals surface area contributed by atoms with Crippen molar-refractivity contribution in [1.82, 2.24) is 0 Å². The Labute approximate surface area is 118 Å². The standard InChI is InChI=1S/C8H7ClO.C6H3I/c9-6-8(10)7-4-2-1-3-5-7;7-6-3-4-1-2-5(4)6/h1-5H,6H2;1-3H. The van der Waals surface area contributed by atoms with Gasteiger partial charge in [-0.15, -0.1) is 11.6 Å². The Hall–Kier alpha value is -0.870. The Morgan fingerprint density at radius 1 is 1.12 bits per heavy atom. The summed E-state index contributed by atoms with van der Waals surface area (Å²) in [5.41, 5.74) is 0.678. The number of carbonyl (C=O) groups excluding carboxylic acids is 1. The Morgan fingerprint density at radius 2 is 1.82 bits per heavy atom. The van der Waals surface area contributed by atoms with Crippen LogP contribution in [0.15, 0.2) is 48.5 Å². The van der Waals surface area contributed by atoms with E-state index < -0.39 is 0 Å². The van der Waals surface area contributed by atoms with E-state index in [9.17, 15) is 4.79 Å². The van der Waals surface area contributed by atoms with Gasteiger partial charge in [0, 0.05) is 9.13 Å². The summed E-state index contributed by atoms with van der Waals surface area (Å²) < 4.78 is 1.41. The van der Waals surface area contributed by atoms with Gasteiger partial charge in [-0.05, 0) is 39.1 Å². The Bertz CT molecular complexity index is 622. The van der Waals surface area contributed by atoms with Crippen LogP contribution in [0.25, 0.3) is 0 Å². The SMILES string of the molecule is Ic1cc2ccc1=2.O=C(CCl)c1ccccc1. The molecule has 0 unspecified atom stereocenters. The van der Waals surface area contributed by atoms with Crippen LogP contribution < -0.4 is 0 Å². The number of Topliss-reactive ketones (excluding diaryl/α,β-unsaturated/α-hetero) is 1. The molecular weight excluding hydrogens is 347 g/mol. The van der Waals surface area contributed by atoms with Crippen molar-refractivity contribution < 1.29 is 4.79 Å². The fourth-order valence-corrected chi connectivity index (χ4v) is 2.42. The molecule has 0 saturated carbocycles. The third kappa shape index (κ3) is 2.87. The summed E-state index contributed by atoms with van der Waals surface area (Å²) >= 11 is 7.67. The maximum absolute atomic E-state index is 10.9. The van der Waals surface area contributed by atoms with Crippen LogP contribution in [0, 0.1) is 14.0 Å². The number of benzene rings is 2. The molecule has 0 aromatic heterocycles. The van der Waals surface area contributed by atoms with E-state index in [1.807, 2.05) is 18.2 Å². The van der Waals surface area contributed by atoms with Crippen LogP contribution in [0.3, 0.4) is 0 Å². The van der Waals surface area contributed by atoms with E-state index >= 15 is 0 Å². The lowest BCUT2D eigenvalue weighted by atomic mass is 10.1. The molecule has 2 aliphatic rings. The van der Waals surface area contributed by atoms with Crippen molar-refractivity contribution in [3.8, 4) is 0 Å². The zero-order valence-electron chi connectivity index (χ0n) is 8.99. The molecule has 1 aromatic rings. The van der Waals surface area contributed by atoms with Crippen LogP contribution in [0.4, 0.5) is 0 Å².